The lowest BCUT2D eigenvalue weighted by molar-refractivity contribution is -0.387. The van der Waals surface area contributed by atoms with E-state index in [9.17, 15) is 18.5 Å². The highest BCUT2D eigenvalue weighted by atomic mass is 32.2. The molecule has 1 N–H and O–H groups in total. The first-order valence-electron chi connectivity index (χ1n) is 7.43. The molecule has 8 heteroatoms. The number of ether oxygens (including phenoxy) is 1. The molecule has 0 aromatic heterocycles. The van der Waals surface area contributed by atoms with E-state index >= 15 is 0 Å². The standard InChI is InChI=1S/C16H18N2O5S/c1-2-3-12-23-15-10-6-4-8-13(15)17-24(21,22)16-11-7-5-9-14(16)18(19)20/h4-11,17H,2-3,12H2,1H3. The van der Waals surface area contributed by atoms with Gasteiger partial charge in [-0.15, -0.1) is 0 Å². The normalized spacial score (nSPS) is 11.0. The predicted octanol–water partition coefficient (Wildman–Crippen LogP) is 3.57. The van der Waals surface area contributed by atoms with E-state index in [1.807, 2.05) is 6.92 Å². The van der Waals surface area contributed by atoms with Gasteiger partial charge in [-0.05, 0) is 24.6 Å². The lowest BCUT2D eigenvalue weighted by atomic mass is 10.3. The van der Waals surface area contributed by atoms with Crippen LogP contribution in [-0.2, 0) is 10.0 Å². The van der Waals surface area contributed by atoms with Crippen molar-refractivity contribution in [3.63, 3.8) is 0 Å². The largest absolute Gasteiger partial charge is 0.491 e. The Hall–Kier alpha value is -2.61. The summed E-state index contributed by atoms with van der Waals surface area (Å²) in [6.45, 7) is 2.48. The Morgan fingerprint density at radius 1 is 1.12 bits per heavy atom. The zero-order valence-corrected chi connectivity index (χ0v) is 14.0. The van der Waals surface area contributed by atoms with Crippen molar-refractivity contribution >= 4 is 21.4 Å². The molecule has 128 valence electrons. The van der Waals surface area contributed by atoms with Gasteiger partial charge in [0, 0.05) is 6.07 Å². The maximum atomic E-state index is 12.5. The van der Waals surface area contributed by atoms with Crippen molar-refractivity contribution in [1.29, 1.82) is 0 Å². The minimum atomic E-state index is -4.11. The van der Waals surface area contributed by atoms with E-state index in [2.05, 4.69) is 4.72 Å². The van der Waals surface area contributed by atoms with Crippen LogP contribution in [0.4, 0.5) is 11.4 Å². The number of unbranched alkanes of at least 4 members (excludes halogenated alkanes) is 1. The Morgan fingerprint density at radius 3 is 2.50 bits per heavy atom. The van der Waals surface area contributed by atoms with Gasteiger partial charge in [0.2, 0.25) is 0 Å². The van der Waals surface area contributed by atoms with Crippen molar-refractivity contribution in [3.05, 3.63) is 58.6 Å². The summed E-state index contributed by atoms with van der Waals surface area (Å²) in [6.07, 6.45) is 1.79. The lowest BCUT2D eigenvalue weighted by Gasteiger charge is -2.13. The number of nitrogens with one attached hydrogen (secondary N) is 1. The molecule has 2 aromatic rings. The van der Waals surface area contributed by atoms with Crippen LogP contribution in [0.25, 0.3) is 0 Å². The molecule has 0 amide bonds. The Morgan fingerprint density at radius 2 is 1.79 bits per heavy atom. The predicted molar refractivity (Wildman–Crippen MR) is 90.7 cm³/mol. The highest BCUT2D eigenvalue weighted by Crippen LogP contribution is 2.29. The minimum Gasteiger partial charge on any atom is -0.491 e. The van der Waals surface area contributed by atoms with E-state index in [1.54, 1.807) is 24.3 Å². The highest BCUT2D eigenvalue weighted by molar-refractivity contribution is 7.92. The van der Waals surface area contributed by atoms with Crippen LogP contribution < -0.4 is 9.46 Å². The Labute approximate surface area is 140 Å². The molecule has 0 saturated carbocycles. The first kappa shape index (κ1) is 17.7. The maximum Gasteiger partial charge on any atom is 0.289 e. The van der Waals surface area contributed by atoms with Gasteiger partial charge in [-0.25, -0.2) is 8.42 Å². The highest BCUT2D eigenvalue weighted by Gasteiger charge is 2.25. The van der Waals surface area contributed by atoms with Crippen molar-refractivity contribution in [3.8, 4) is 5.75 Å². The smallest absolute Gasteiger partial charge is 0.289 e. The molecule has 0 radical (unpaired) electrons. The van der Waals surface area contributed by atoms with E-state index < -0.39 is 25.5 Å². The number of para-hydroxylation sites is 3. The third kappa shape index (κ3) is 4.23. The summed E-state index contributed by atoms with van der Waals surface area (Å²) in [5.41, 5.74) is -0.235. The molecule has 0 spiro atoms. The minimum absolute atomic E-state index is 0.242. The summed E-state index contributed by atoms with van der Waals surface area (Å²) in [7, 11) is -4.11. The number of nitrogens with zero attached hydrogens (tertiary/aromatic N) is 1. The maximum absolute atomic E-state index is 12.5. The van der Waals surface area contributed by atoms with Crippen LogP contribution in [0, 0.1) is 10.1 Å². The Bertz CT molecular complexity index is 821. The van der Waals surface area contributed by atoms with Crippen LogP contribution in [0.3, 0.4) is 0 Å². The fraction of sp³-hybridized carbons (Fsp3) is 0.250. The van der Waals surface area contributed by atoms with Crippen LogP contribution in [0.2, 0.25) is 0 Å². The van der Waals surface area contributed by atoms with Gasteiger partial charge in [-0.3, -0.25) is 14.8 Å². The summed E-state index contributed by atoms with van der Waals surface area (Å²) in [5.74, 6) is 0.383. The number of hydrogen-bond acceptors (Lipinski definition) is 5. The van der Waals surface area contributed by atoms with Gasteiger partial charge in [0.15, 0.2) is 4.90 Å². The second-order valence-corrected chi connectivity index (χ2v) is 6.68. The quantitative estimate of drug-likeness (QED) is 0.446. The number of nitro groups is 1. The molecule has 7 nitrogen and oxygen atoms in total. The molecule has 2 aromatic carbocycles. The molecule has 0 heterocycles. The molecule has 0 unspecified atom stereocenters. The summed E-state index contributed by atoms with van der Waals surface area (Å²) < 4.78 is 33.0. The summed E-state index contributed by atoms with van der Waals surface area (Å²) >= 11 is 0. The Balaban J connectivity index is 2.32. The number of anilines is 1. The summed E-state index contributed by atoms with van der Waals surface area (Å²) in [4.78, 5) is 9.94. The van der Waals surface area contributed by atoms with Gasteiger partial charge in [-0.1, -0.05) is 37.6 Å². The first-order chi connectivity index (χ1) is 11.5. The van der Waals surface area contributed by atoms with Crippen LogP contribution >= 0.6 is 0 Å². The fourth-order valence-electron chi connectivity index (χ4n) is 2.04. The monoisotopic (exact) mass is 350 g/mol. The molecule has 0 aliphatic heterocycles. The number of nitro benzene ring substituents is 1. The van der Waals surface area contributed by atoms with Crippen LogP contribution in [-0.4, -0.2) is 19.9 Å². The zero-order valence-electron chi connectivity index (χ0n) is 13.1. The molecule has 0 aliphatic rings. The molecule has 0 atom stereocenters. The van der Waals surface area contributed by atoms with Crippen LogP contribution in [0.5, 0.6) is 5.75 Å². The van der Waals surface area contributed by atoms with E-state index in [-0.39, 0.29) is 5.69 Å². The van der Waals surface area contributed by atoms with Gasteiger partial charge in [0.25, 0.3) is 15.7 Å². The van der Waals surface area contributed by atoms with Crippen molar-refractivity contribution in [2.45, 2.75) is 24.7 Å². The van der Waals surface area contributed by atoms with Crippen molar-refractivity contribution in [1.82, 2.24) is 0 Å². The molecule has 0 fully saturated rings. The van der Waals surface area contributed by atoms with Crippen LogP contribution in [0.1, 0.15) is 19.8 Å². The first-order valence-corrected chi connectivity index (χ1v) is 8.92. The van der Waals surface area contributed by atoms with Gasteiger partial charge >= 0.3 is 0 Å². The SMILES string of the molecule is CCCCOc1ccccc1NS(=O)(=O)c1ccccc1[N+](=O)[O-]. The molecule has 0 saturated heterocycles. The van der Waals surface area contributed by atoms with Crippen molar-refractivity contribution in [2.24, 2.45) is 0 Å². The molecule has 2 rings (SSSR count). The molecular weight excluding hydrogens is 332 g/mol. The summed E-state index contributed by atoms with van der Waals surface area (Å²) in [5, 5.41) is 11.1. The molecule has 0 bridgehead atoms. The van der Waals surface area contributed by atoms with E-state index in [0.29, 0.717) is 12.4 Å². The van der Waals surface area contributed by atoms with Crippen molar-refractivity contribution in [2.75, 3.05) is 11.3 Å². The van der Waals surface area contributed by atoms with E-state index in [0.717, 1.165) is 18.9 Å². The third-order valence-electron chi connectivity index (χ3n) is 3.24. The summed E-state index contributed by atoms with van der Waals surface area (Å²) in [6, 6.07) is 11.8. The fourth-order valence-corrected chi connectivity index (χ4v) is 3.28. The molecule has 24 heavy (non-hydrogen) atoms. The number of hydrogen-bond donors (Lipinski definition) is 1. The second kappa shape index (κ2) is 7.78. The third-order valence-corrected chi connectivity index (χ3v) is 4.65. The van der Waals surface area contributed by atoms with Crippen molar-refractivity contribution < 1.29 is 18.1 Å². The van der Waals surface area contributed by atoms with Gasteiger partial charge < -0.3 is 4.74 Å². The van der Waals surface area contributed by atoms with Gasteiger partial charge in [0.1, 0.15) is 5.75 Å². The average Bonchev–Trinajstić information content (AvgIpc) is 2.56. The number of rotatable bonds is 8. The second-order valence-electron chi connectivity index (χ2n) is 5.03. The van der Waals surface area contributed by atoms with Crippen LogP contribution in [0.15, 0.2) is 53.4 Å². The number of sulfonamides is 1. The molecular formula is C16H18N2O5S. The van der Waals surface area contributed by atoms with E-state index in [1.165, 1.54) is 18.2 Å². The number of benzene rings is 2. The topological polar surface area (TPSA) is 98.5 Å². The average molecular weight is 350 g/mol. The molecule has 0 aliphatic carbocycles. The van der Waals surface area contributed by atoms with Gasteiger partial charge in [0.05, 0.1) is 17.2 Å². The van der Waals surface area contributed by atoms with Gasteiger partial charge in [-0.2, -0.15) is 0 Å². The zero-order chi connectivity index (χ0) is 17.6. The Kier molecular flexibility index (Phi) is 5.75. The van der Waals surface area contributed by atoms with E-state index in [4.69, 9.17) is 4.74 Å². The lowest BCUT2D eigenvalue weighted by Crippen LogP contribution is -2.15.